The lowest BCUT2D eigenvalue weighted by Crippen LogP contribution is -2.08. The zero-order chi connectivity index (χ0) is 15.9. The second-order valence-corrected chi connectivity index (χ2v) is 5.02. The fourth-order valence-electron chi connectivity index (χ4n) is 2.28. The molecule has 0 bridgehead atoms. The quantitative estimate of drug-likeness (QED) is 0.755. The molecule has 0 radical (unpaired) electrons. The molecule has 0 atom stereocenters. The van der Waals surface area contributed by atoms with Crippen LogP contribution in [0.1, 0.15) is 0 Å². The standard InChI is InChI=1S/C16H11ClO5/c1-21-16-14(20)13-11(19)6-8(18)7-12(13)22-15(16)9-4-2-3-5-10(9)17/h2-7,18-19H,1H3. The van der Waals surface area contributed by atoms with Gasteiger partial charge in [-0.15, -0.1) is 0 Å². The van der Waals surface area contributed by atoms with Gasteiger partial charge < -0.3 is 19.4 Å². The summed E-state index contributed by atoms with van der Waals surface area (Å²) in [5.74, 6) is -0.534. The molecule has 0 saturated heterocycles. The van der Waals surface area contributed by atoms with E-state index >= 15 is 0 Å². The lowest BCUT2D eigenvalue weighted by molar-refractivity contribution is 0.397. The van der Waals surface area contributed by atoms with Crippen LogP contribution < -0.4 is 10.2 Å². The highest BCUT2D eigenvalue weighted by Crippen LogP contribution is 2.37. The predicted octanol–water partition coefficient (Wildman–Crippen LogP) is 3.53. The number of hydrogen-bond donors (Lipinski definition) is 2. The first-order chi connectivity index (χ1) is 10.5. The van der Waals surface area contributed by atoms with Crippen molar-refractivity contribution in [3.05, 3.63) is 51.6 Å². The molecule has 1 aromatic heterocycles. The molecule has 112 valence electrons. The van der Waals surface area contributed by atoms with Crippen LogP contribution in [0.15, 0.2) is 45.6 Å². The molecule has 0 fully saturated rings. The van der Waals surface area contributed by atoms with Crippen LogP contribution in [0.4, 0.5) is 0 Å². The first kappa shape index (κ1) is 14.3. The lowest BCUT2D eigenvalue weighted by atomic mass is 10.1. The Balaban J connectivity index is 2.46. The van der Waals surface area contributed by atoms with E-state index in [1.165, 1.54) is 13.2 Å². The maximum atomic E-state index is 12.5. The van der Waals surface area contributed by atoms with Crippen molar-refractivity contribution >= 4 is 22.6 Å². The first-order valence-electron chi connectivity index (χ1n) is 6.34. The number of ether oxygens (including phenoxy) is 1. The van der Waals surface area contributed by atoms with E-state index < -0.39 is 5.43 Å². The number of hydrogen-bond acceptors (Lipinski definition) is 5. The second-order valence-electron chi connectivity index (χ2n) is 4.61. The molecule has 0 amide bonds. The molecule has 1 heterocycles. The Morgan fingerprint density at radius 3 is 2.59 bits per heavy atom. The van der Waals surface area contributed by atoms with Gasteiger partial charge in [-0.3, -0.25) is 4.79 Å². The normalized spacial score (nSPS) is 10.8. The number of benzene rings is 2. The maximum absolute atomic E-state index is 12.5. The van der Waals surface area contributed by atoms with E-state index in [-0.39, 0.29) is 34.0 Å². The Kier molecular flexibility index (Phi) is 3.42. The van der Waals surface area contributed by atoms with E-state index in [1.807, 2.05) is 0 Å². The molecule has 0 saturated carbocycles. The van der Waals surface area contributed by atoms with Gasteiger partial charge in [0.15, 0.2) is 5.76 Å². The van der Waals surface area contributed by atoms with Crippen molar-refractivity contribution in [1.82, 2.24) is 0 Å². The first-order valence-corrected chi connectivity index (χ1v) is 6.72. The predicted molar refractivity (Wildman–Crippen MR) is 82.8 cm³/mol. The summed E-state index contributed by atoms with van der Waals surface area (Å²) in [6, 6.07) is 9.13. The van der Waals surface area contributed by atoms with Crippen molar-refractivity contribution in [2.24, 2.45) is 0 Å². The Morgan fingerprint density at radius 1 is 1.18 bits per heavy atom. The molecule has 0 unspecified atom stereocenters. The van der Waals surface area contributed by atoms with Gasteiger partial charge in [-0.1, -0.05) is 23.7 Å². The second kappa shape index (κ2) is 5.27. The van der Waals surface area contributed by atoms with Gasteiger partial charge in [-0.25, -0.2) is 0 Å². The monoisotopic (exact) mass is 318 g/mol. The molecule has 0 aliphatic carbocycles. The summed E-state index contributed by atoms with van der Waals surface area (Å²) in [4.78, 5) is 12.5. The summed E-state index contributed by atoms with van der Waals surface area (Å²) < 4.78 is 10.8. The summed E-state index contributed by atoms with van der Waals surface area (Å²) >= 11 is 6.14. The molecule has 6 heteroatoms. The van der Waals surface area contributed by atoms with Gasteiger partial charge in [0, 0.05) is 17.7 Å². The number of phenolic OH excluding ortho intramolecular Hbond substituents is 2. The highest BCUT2D eigenvalue weighted by Gasteiger charge is 2.21. The fourth-order valence-corrected chi connectivity index (χ4v) is 2.50. The highest BCUT2D eigenvalue weighted by molar-refractivity contribution is 6.33. The molecular weight excluding hydrogens is 308 g/mol. The number of methoxy groups -OCH3 is 1. The van der Waals surface area contributed by atoms with E-state index in [1.54, 1.807) is 24.3 Å². The third-order valence-electron chi connectivity index (χ3n) is 3.24. The summed E-state index contributed by atoms with van der Waals surface area (Å²) in [6.07, 6.45) is 0. The Morgan fingerprint density at radius 2 is 1.91 bits per heavy atom. The van der Waals surface area contributed by atoms with Crippen LogP contribution in [0, 0.1) is 0 Å². The number of aromatic hydroxyl groups is 2. The highest BCUT2D eigenvalue weighted by atomic mass is 35.5. The minimum Gasteiger partial charge on any atom is -0.508 e. The smallest absolute Gasteiger partial charge is 0.239 e. The Labute approximate surface area is 130 Å². The van der Waals surface area contributed by atoms with Gasteiger partial charge in [0.2, 0.25) is 11.2 Å². The van der Waals surface area contributed by atoms with E-state index in [4.69, 9.17) is 20.8 Å². The van der Waals surface area contributed by atoms with Crippen LogP contribution in [-0.4, -0.2) is 17.3 Å². The van der Waals surface area contributed by atoms with E-state index in [2.05, 4.69) is 0 Å². The molecule has 3 aromatic rings. The van der Waals surface area contributed by atoms with Gasteiger partial charge in [-0.2, -0.15) is 0 Å². The average Bonchev–Trinajstić information content (AvgIpc) is 2.46. The molecule has 0 spiro atoms. The van der Waals surface area contributed by atoms with Gasteiger partial charge in [0.05, 0.1) is 12.1 Å². The minimum absolute atomic E-state index is 0.0400. The Hall–Kier alpha value is -2.66. The molecule has 2 aromatic carbocycles. The van der Waals surface area contributed by atoms with Crippen LogP contribution in [0.5, 0.6) is 17.2 Å². The topological polar surface area (TPSA) is 79.9 Å². The number of phenols is 2. The lowest BCUT2D eigenvalue weighted by Gasteiger charge is -2.11. The van der Waals surface area contributed by atoms with Crippen molar-refractivity contribution in [3.63, 3.8) is 0 Å². The van der Waals surface area contributed by atoms with Crippen molar-refractivity contribution in [3.8, 4) is 28.6 Å². The zero-order valence-electron chi connectivity index (χ0n) is 11.5. The van der Waals surface area contributed by atoms with Crippen LogP contribution >= 0.6 is 11.6 Å². The average molecular weight is 319 g/mol. The zero-order valence-corrected chi connectivity index (χ0v) is 12.2. The minimum atomic E-state index is -0.545. The van der Waals surface area contributed by atoms with Crippen molar-refractivity contribution in [2.75, 3.05) is 7.11 Å². The van der Waals surface area contributed by atoms with Gasteiger partial charge >= 0.3 is 0 Å². The fraction of sp³-hybridized carbons (Fsp3) is 0.0625. The number of halogens is 1. The molecule has 22 heavy (non-hydrogen) atoms. The molecule has 5 nitrogen and oxygen atoms in total. The molecular formula is C16H11ClO5. The summed E-state index contributed by atoms with van der Waals surface area (Å²) in [5.41, 5.74) is -0.0303. The van der Waals surface area contributed by atoms with Crippen LogP contribution in [0.25, 0.3) is 22.3 Å². The van der Waals surface area contributed by atoms with Crippen LogP contribution in [-0.2, 0) is 0 Å². The molecule has 2 N–H and O–H groups in total. The number of rotatable bonds is 2. The number of fused-ring (bicyclic) bond motifs is 1. The third kappa shape index (κ3) is 2.16. The summed E-state index contributed by atoms with van der Waals surface area (Å²) in [6.45, 7) is 0. The van der Waals surface area contributed by atoms with Crippen molar-refractivity contribution in [1.29, 1.82) is 0 Å². The van der Waals surface area contributed by atoms with Crippen molar-refractivity contribution < 1.29 is 19.4 Å². The summed E-state index contributed by atoms with van der Waals surface area (Å²) in [5, 5.41) is 19.8. The molecule has 0 aliphatic heterocycles. The third-order valence-corrected chi connectivity index (χ3v) is 3.57. The maximum Gasteiger partial charge on any atom is 0.239 e. The molecule has 3 rings (SSSR count). The van der Waals surface area contributed by atoms with E-state index in [0.29, 0.717) is 10.6 Å². The largest absolute Gasteiger partial charge is 0.508 e. The van der Waals surface area contributed by atoms with Gasteiger partial charge in [0.25, 0.3) is 0 Å². The van der Waals surface area contributed by atoms with Gasteiger partial charge in [-0.05, 0) is 12.1 Å². The Bertz CT molecular complexity index is 930. The molecule has 0 aliphatic rings. The van der Waals surface area contributed by atoms with E-state index in [0.717, 1.165) is 6.07 Å². The van der Waals surface area contributed by atoms with Crippen LogP contribution in [0.3, 0.4) is 0 Å². The van der Waals surface area contributed by atoms with E-state index in [9.17, 15) is 15.0 Å². The summed E-state index contributed by atoms with van der Waals surface area (Å²) in [7, 11) is 1.33. The van der Waals surface area contributed by atoms with Gasteiger partial charge in [0.1, 0.15) is 22.5 Å². The van der Waals surface area contributed by atoms with Crippen LogP contribution in [0.2, 0.25) is 5.02 Å². The van der Waals surface area contributed by atoms with Crippen molar-refractivity contribution in [2.45, 2.75) is 0 Å². The SMILES string of the molecule is COc1c(-c2ccccc2Cl)oc2cc(O)cc(O)c2c1=O.